The van der Waals surface area contributed by atoms with Gasteiger partial charge in [-0.3, -0.25) is 4.99 Å². The minimum Gasteiger partial charge on any atom is -0.378 e. The Balaban J connectivity index is 1.95. The van der Waals surface area contributed by atoms with Crippen LogP contribution in [0.3, 0.4) is 0 Å². The van der Waals surface area contributed by atoms with Gasteiger partial charge in [-0.25, -0.2) is 0 Å². The lowest BCUT2D eigenvalue weighted by Gasteiger charge is -2.18. The maximum atomic E-state index is 4.51. The number of hydrogen-bond acceptors (Lipinski definition) is 4. The Morgan fingerprint density at radius 2 is 2.08 bits per heavy atom. The van der Waals surface area contributed by atoms with Crippen LogP contribution >= 0.6 is 11.8 Å². The molecule has 0 unspecified atom stereocenters. The molecule has 136 valence electrons. The highest BCUT2D eigenvalue weighted by atomic mass is 32.2. The summed E-state index contributed by atoms with van der Waals surface area (Å²) in [6, 6.07) is 8.65. The van der Waals surface area contributed by atoms with Crippen molar-refractivity contribution in [3.63, 3.8) is 0 Å². The molecule has 0 radical (unpaired) electrons. The largest absolute Gasteiger partial charge is 0.378 e. The number of hydrogen-bond donors (Lipinski definition) is 1. The fourth-order valence-electron chi connectivity index (χ4n) is 3.20. The number of allylic oxidation sites excluding steroid dienone is 2. The van der Waals surface area contributed by atoms with Gasteiger partial charge in [-0.05, 0) is 37.5 Å². The normalized spacial score (nSPS) is 16.2. The van der Waals surface area contributed by atoms with Gasteiger partial charge in [0.25, 0.3) is 0 Å². The van der Waals surface area contributed by atoms with Crippen molar-refractivity contribution < 1.29 is 0 Å². The lowest BCUT2D eigenvalue weighted by molar-refractivity contribution is 0.738. The average molecular weight is 358 g/mol. The topological polar surface area (TPSA) is 27.6 Å². The summed E-state index contributed by atoms with van der Waals surface area (Å²) in [5.41, 5.74) is 3.70. The molecule has 1 aromatic rings. The molecule has 1 N–H and O–H groups in total. The van der Waals surface area contributed by atoms with E-state index >= 15 is 0 Å². The average Bonchev–Trinajstić information content (AvgIpc) is 3.13. The molecule has 1 aliphatic rings. The predicted molar refractivity (Wildman–Crippen MR) is 113 cm³/mol. The van der Waals surface area contributed by atoms with Crippen LogP contribution < -0.4 is 10.2 Å². The smallest absolute Gasteiger partial charge is 0.0764 e. The van der Waals surface area contributed by atoms with Crippen LogP contribution in [0.2, 0.25) is 0 Å². The minimum absolute atomic E-state index is 0.624. The van der Waals surface area contributed by atoms with Crippen LogP contribution in [-0.4, -0.2) is 26.2 Å². The van der Waals surface area contributed by atoms with E-state index in [1.807, 2.05) is 7.05 Å². The van der Waals surface area contributed by atoms with Crippen LogP contribution in [0, 0.1) is 5.92 Å². The Kier molecular flexibility index (Phi) is 7.63. The summed E-state index contributed by atoms with van der Waals surface area (Å²) in [7, 11) is 6.04. The molecule has 25 heavy (non-hydrogen) atoms. The van der Waals surface area contributed by atoms with Gasteiger partial charge in [-0.1, -0.05) is 49.4 Å². The van der Waals surface area contributed by atoms with Crippen molar-refractivity contribution in [2.24, 2.45) is 10.9 Å². The number of benzene rings is 1. The molecule has 0 spiro atoms. The van der Waals surface area contributed by atoms with Crippen LogP contribution in [0.5, 0.6) is 0 Å². The van der Waals surface area contributed by atoms with Gasteiger partial charge in [-0.2, -0.15) is 0 Å². The molecule has 1 aromatic carbocycles. The lowest BCUT2D eigenvalue weighted by atomic mass is 10.1. The molecule has 0 amide bonds. The van der Waals surface area contributed by atoms with Crippen molar-refractivity contribution >= 4 is 22.5 Å². The number of thioether (sulfide) groups is 1. The molecule has 0 atom stereocenters. The summed E-state index contributed by atoms with van der Waals surface area (Å²) in [4.78, 5) is 6.64. The van der Waals surface area contributed by atoms with Gasteiger partial charge in [0.1, 0.15) is 0 Å². The van der Waals surface area contributed by atoms with E-state index in [1.165, 1.54) is 47.7 Å². The van der Waals surface area contributed by atoms with Gasteiger partial charge in [-0.15, -0.1) is 0 Å². The van der Waals surface area contributed by atoms with E-state index in [0.29, 0.717) is 5.92 Å². The molecule has 0 heterocycles. The van der Waals surface area contributed by atoms with E-state index in [4.69, 9.17) is 0 Å². The molecule has 1 aliphatic carbocycles. The Morgan fingerprint density at radius 3 is 2.68 bits per heavy atom. The number of nitrogens with one attached hydrogen (secondary N) is 1. The second-order valence-electron chi connectivity index (χ2n) is 6.75. The summed E-state index contributed by atoms with van der Waals surface area (Å²) < 4.78 is 0. The first-order chi connectivity index (χ1) is 12.0. The SMILES string of the molecule is C=C(N/C(=C\C)Cc1cccc(N(C)C)c1)S/C(=N\C)C1CCCC1. The summed E-state index contributed by atoms with van der Waals surface area (Å²) in [6.07, 6.45) is 8.19. The van der Waals surface area contributed by atoms with Crippen molar-refractivity contribution in [3.05, 3.63) is 53.2 Å². The Morgan fingerprint density at radius 1 is 1.36 bits per heavy atom. The molecule has 1 saturated carbocycles. The number of anilines is 1. The summed E-state index contributed by atoms with van der Waals surface area (Å²) in [5, 5.41) is 5.67. The first kappa shape index (κ1) is 19.6. The third-order valence-electron chi connectivity index (χ3n) is 4.62. The van der Waals surface area contributed by atoms with Crippen LogP contribution in [0.15, 0.2) is 52.6 Å². The Bertz CT molecular complexity index is 640. The summed E-state index contributed by atoms with van der Waals surface area (Å²) in [6.45, 7) is 6.28. The Hall–Kier alpha value is -1.68. The van der Waals surface area contributed by atoms with Crippen molar-refractivity contribution in [1.82, 2.24) is 5.32 Å². The zero-order valence-corrected chi connectivity index (χ0v) is 16.8. The van der Waals surface area contributed by atoms with Crippen LogP contribution in [-0.2, 0) is 6.42 Å². The van der Waals surface area contributed by atoms with Crippen LogP contribution in [0.25, 0.3) is 0 Å². The van der Waals surface area contributed by atoms with Crippen LogP contribution in [0.4, 0.5) is 5.69 Å². The molecular weight excluding hydrogens is 326 g/mol. The van der Waals surface area contributed by atoms with Gasteiger partial charge in [0.2, 0.25) is 0 Å². The molecule has 3 nitrogen and oxygen atoms in total. The minimum atomic E-state index is 0.624. The summed E-state index contributed by atoms with van der Waals surface area (Å²) in [5.74, 6) is 0.624. The third-order valence-corrected chi connectivity index (χ3v) is 5.70. The van der Waals surface area contributed by atoms with E-state index in [9.17, 15) is 0 Å². The van der Waals surface area contributed by atoms with E-state index in [0.717, 1.165) is 11.4 Å². The molecule has 4 heteroatoms. The Labute approximate surface area is 157 Å². The quantitative estimate of drug-likeness (QED) is 0.536. The number of nitrogens with zero attached hydrogens (tertiary/aromatic N) is 2. The van der Waals surface area contributed by atoms with Gasteiger partial charge >= 0.3 is 0 Å². The molecule has 0 saturated heterocycles. The highest BCUT2D eigenvalue weighted by Crippen LogP contribution is 2.32. The van der Waals surface area contributed by atoms with E-state index in [-0.39, 0.29) is 0 Å². The first-order valence-corrected chi connectivity index (χ1v) is 9.87. The lowest BCUT2D eigenvalue weighted by Crippen LogP contribution is -2.16. The molecule has 1 fully saturated rings. The van der Waals surface area contributed by atoms with Crippen molar-refractivity contribution in [1.29, 1.82) is 0 Å². The first-order valence-electron chi connectivity index (χ1n) is 9.05. The zero-order chi connectivity index (χ0) is 18.2. The fraction of sp³-hybridized carbons (Fsp3) is 0.476. The van der Waals surface area contributed by atoms with Crippen molar-refractivity contribution in [3.8, 4) is 0 Å². The number of rotatable bonds is 7. The van der Waals surface area contributed by atoms with Gasteiger partial charge in [0.05, 0.1) is 10.1 Å². The van der Waals surface area contributed by atoms with E-state index in [2.05, 4.69) is 73.1 Å². The predicted octanol–water partition coefficient (Wildman–Crippen LogP) is 5.21. The van der Waals surface area contributed by atoms with E-state index < -0.39 is 0 Å². The van der Waals surface area contributed by atoms with Gasteiger partial charge in [0, 0.05) is 44.9 Å². The molecule has 0 aromatic heterocycles. The fourth-order valence-corrected chi connectivity index (χ4v) is 4.13. The number of aliphatic imine (C=N–C) groups is 1. The second kappa shape index (κ2) is 9.71. The monoisotopic (exact) mass is 357 g/mol. The molecule has 0 bridgehead atoms. The van der Waals surface area contributed by atoms with Gasteiger partial charge < -0.3 is 10.2 Å². The standard InChI is InChI=1S/C21H31N3S/c1-6-19(14-17-10-9-13-20(15-17)24(4)5)23-16(2)25-21(22-3)18-11-7-8-12-18/h6,9-10,13,15,18,23H,2,7-8,11-12,14H2,1,3-5H3/b19-6-,22-21-. The second-order valence-corrected chi connectivity index (χ2v) is 7.86. The maximum Gasteiger partial charge on any atom is 0.0764 e. The van der Waals surface area contributed by atoms with Crippen LogP contribution in [0.1, 0.15) is 38.2 Å². The molecule has 0 aliphatic heterocycles. The van der Waals surface area contributed by atoms with Crippen molar-refractivity contribution in [2.45, 2.75) is 39.0 Å². The van der Waals surface area contributed by atoms with E-state index in [1.54, 1.807) is 11.8 Å². The summed E-state index contributed by atoms with van der Waals surface area (Å²) >= 11 is 1.70. The van der Waals surface area contributed by atoms with Gasteiger partial charge in [0.15, 0.2) is 0 Å². The zero-order valence-electron chi connectivity index (χ0n) is 16.0. The maximum absolute atomic E-state index is 4.51. The van der Waals surface area contributed by atoms with Crippen molar-refractivity contribution in [2.75, 3.05) is 26.0 Å². The highest BCUT2D eigenvalue weighted by molar-refractivity contribution is 8.17. The molecular formula is C21H31N3S. The molecule has 2 rings (SSSR count). The highest BCUT2D eigenvalue weighted by Gasteiger charge is 2.21. The third kappa shape index (κ3) is 5.96.